The lowest BCUT2D eigenvalue weighted by molar-refractivity contribution is -0.140. The van der Waals surface area contributed by atoms with Crippen molar-refractivity contribution in [3.63, 3.8) is 0 Å². The van der Waals surface area contributed by atoms with Crippen molar-refractivity contribution < 1.29 is 24.0 Å². The number of fused-ring (bicyclic) bond motifs is 1. The molecule has 0 saturated heterocycles. The van der Waals surface area contributed by atoms with E-state index in [-0.39, 0.29) is 6.42 Å². The van der Waals surface area contributed by atoms with E-state index in [1.165, 1.54) is 0 Å². The summed E-state index contributed by atoms with van der Waals surface area (Å²) in [5, 5.41) is 10.7. The summed E-state index contributed by atoms with van der Waals surface area (Å²) >= 11 is 2.08. The molecule has 6 nitrogen and oxygen atoms in total. The molecule has 0 fully saturated rings. The number of ether oxygens (including phenoxy) is 1. The molecule has 2 atom stereocenters. The summed E-state index contributed by atoms with van der Waals surface area (Å²) in [7, 11) is 1.57. The van der Waals surface area contributed by atoms with Crippen LogP contribution in [0.3, 0.4) is 0 Å². The van der Waals surface area contributed by atoms with Crippen LogP contribution in [0.25, 0.3) is 10.8 Å². The van der Waals surface area contributed by atoms with Gasteiger partial charge in [-0.15, -0.1) is 4.72 Å². The van der Waals surface area contributed by atoms with Gasteiger partial charge in [0.25, 0.3) is 0 Å². The first-order chi connectivity index (χ1) is 13.0. The molecule has 0 aliphatic heterocycles. The maximum absolute atomic E-state index is 12.7. The van der Waals surface area contributed by atoms with Crippen LogP contribution >= 0.6 is 15.9 Å². The Balaban J connectivity index is 2.53. The van der Waals surface area contributed by atoms with Crippen molar-refractivity contribution in [3.8, 4) is 5.75 Å². The number of carboxylic acid groups (broad SMARTS) is 1. The maximum Gasteiger partial charge on any atom is 0.310 e. The molecule has 0 aromatic heterocycles. The van der Waals surface area contributed by atoms with Crippen LogP contribution in [0.4, 0.5) is 0 Å². The van der Waals surface area contributed by atoms with Crippen LogP contribution in [0.2, 0.25) is 0 Å². The molecule has 28 heavy (non-hydrogen) atoms. The van der Waals surface area contributed by atoms with E-state index in [1.54, 1.807) is 7.11 Å². The zero-order valence-electron chi connectivity index (χ0n) is 16.2. The molecule has 0 saturated carbocycles. The highest BCUT2D eigenvalue weighted by Gasteiger charge is 2.32. The Labute approximate surface area is 176 Å². The summed E-state index contributed by atoms with van der Waals surface area (Å²) in [6.45, 7) is 5.48. The molecule has 0 unspecified atom stereocenters. The molecule has 2 N–H and O–H groups in total. The predicted molar refractivity (Wildman–Crippen MR) is 114 cm³/mol. The largest absolute Gasteiger partial charge is 0.598 e. The molecule has 0 bridgehead atoms. The van der Waals surface area contributed by atoms with E-state index in [2.05, 4.69) is 20.7 Å². The van der Waals surface area contributed by atoms with Gasteiger partial charge < -0.3 is 14.4 Å². The zero-order chi connectivity index (χ0) is 21.1. The topological polar surface area (TPSA) is 98.7 Å². The summed E-state index contributed by atoms with van der Waals surface area (Å²) in [6, 6.07) is 8.69. The third-order valence-electron chi connectivity index (χ3n) is 4.17. The lowest BCUT2D eigenvalue weighted by Crippen LogP contribution is -2.42. The van der Waals surface area contributed by atoms with Crippen molar-refractivity contribution in [2.24, 2.45) is 0 Å². The Morgan fingerprint density at radius 1 is 1.25 bits per heavy atom. The summed E-state index contributed by atoms with van der Waals surface area (Å²) in [6.07, 6.45) is -0.653. The second-order valence-corrected chi connectivity index (χ2v) is 10.3. The minimum atomic E-state index is -1.45. The third kappa shape index (κ3) is 5.70. The quantitative estimate of drug-likeness (QED) is 0.445. The fourth-order valence-electron chi connectivity index (χ4n) is 2.73. The summed E-state index contributed by atoms with van der Waals surface area (Å²) in [4.78, 5) is 23.2. The highest BCUT2D eigenvalue weighted by molar-refractivity contribution is 9.10. The van der Waals surface area contributed by atoms with Gasteiger partial charge in [0, 0.05) is 22.3 Å². The van der Waals surface area contributed by atoms with Crippen molar-refractivity contribution in [1.82, 2.24) is 4.72 Å². The van der Waals surface area contributed by atoms with Crippen molar-refractivity contribution in [3.05, 3.63) is 40.4 Å². The number of methoxy groups -OCH3 is 1. The van der Waals surface area contributed by atoms with Gasteiger partial charge in [-0.1, -0.05) is 22.0 Å². The standard InChI is InChI=1S/C20H24BrNO5S/c1-20(2,3)28(26)22-18(9-12(23)10-19(24)25)15-7-8-17(21)14-6-5-13(27-4)11-16(14)15/h5-8,11,18,22H,9-10H2,1-4H3,(H,24,25)/t18-,28+/m0/s1. The van der Waals surface area contributed by atoms with Gasteiger partial charge in [-0.3, -0.25) is 9.59 Å². The lowest BCUT2D eigenvalue weighted by atomic mass is 9.95. The molecule has 2 aromatic rings. The molecule has 0 heterocycles. The van der Waals surface area contributed by atoms with Gasteiger partial charge >= 0.3 is 5.97 Å². The lowest BCUT2D eigenvalue weighted by Gasteiger charge is -2.28. The van der Waals surface area contributed by atoms with E-state index in [0.29, 0.717) is 5.75 Å². The Morgan fingerprint density at radius 3 is 2.50 bits per heavy atom. The van der Waals surface area contributed by atoms with E-state index in [1.807, 2.05) is 51.1 Å². The van der Waals surface area contributed by atoms with E-state index in [4.69, 9.17) is 9.84 Å². The Kier molecular flexibility index (Phi) is 7.50. The van der Waals surface area contributed by atoms with Gasteiger partial charge in [0.15, 0.2) is 0 Å². The monoisotopic (exact) mass is 469 g/mol. The molecule has 0 aliphatic carbocycles. The van der Waals surface area contributed by atoms with Crippen LogP contribution < -0.4 is 9.46 Å². The fourth-order valence-corrected chi connectivity index (χ4v) is 4.03. The van der Waals surface area contributed by atoms with Gasteiger partial charge in [-0.2, -0.15) is 0 Å². The Bertz CT molecular complexity index is 881. The van der Waals surface area contributed by atoms with Gasteiger partial charge in [0.1, 0.15) is 22.7 Å². The van der Waals surface area contributed by atoms with Crippen LogP contribution in [0.15, 0.2) is 34.8 Å². The van der Waals surface area contributed by atoms with Crippen molar-refractivity contribution in [2.75, 3.05) is 7.11 Å². The van der Waals surface area contributed by atoms with Crippen molar-refractivity contribution in [1.29, 1.82) is 0 Å². The number of carbonyl (C=O) groups is 2. The number of Topliss-reactive ketones (excluding diaryl/α,β-unsaturated/α-hetero) is 1. The van der Waals surface area contributed by atoms with E-state index < -0.39 is 40.3 Å². The highest BCUT2D eigenvalue weighted by atomic mass is 79.9. The first-order valence-corrected chi connectivity index (χ1v) is 10.6. The van der Waals surface area contributed by atoms with E-state index >= 15 is 0 Å². The number of nitrogens with one attached hydrogen (secondary N) is 1. The minimum absolute atomic E-state index is 0.0813. The molecule has 0 aliphatic rings. The molecular weight excluding hydrogens is 446 g/mol. The Morgan fingerprint density at radius 2 is 1.93 bits per heavy atom. The summed E-state index contributed by atoms with van der Waals surface area (Å²) in [5.41, 5.74) is 0.758. The number of carbonyl (C=O) groups excluding carboxylic acids is 1. The number of carboxylic acids is 1. The third-order valence-corrected chi connectivity index (χ3v) is 6.47. The second kappa shape index (κ2) is 9.26. The van der Waals surface area contributed by atoms with Crippen LogP contribution in [0.5, 0.6) is 5.75 Å². The van der Waals surface area contributed by atoms with Crippen molar-refractivity contribution in [2.45, 2.75) is 44.4 Å². The number of halogens is 1. The first-order valence-electron chi connectivity index (χ1n) is 8.70. The number of hydrogen-bond donors (Lipinski definition) is 2. The van der Waals surface area contributed by atoms with Crippen molar-refractivity contribution >= 4 is 49.8 Å². The van der Waals surface area contributed by atoms with Gasteiger partial charge in [0.2, 0.25) is 0 Å². The van der Waals surface area contributed by atoms with Crippen LogP contribution in [-0.4, -0.2) is 33.3 Å². The zero-order valence-corrected chi connectivity index (χ0v) is 18.6. The van der Waals surface area contributed by atoms with Crippen LogP contribution in [0.1, 0.15) is 45.2 Å². The van der Waals surface area contributed by atoms with Gasteiger partial charge in [-0.25, -0.2) is 0 Å². The maximum atomic E-state index is 12.7. The molecule has 0 amide bonds. The number of hydrogen-bond acceptors (Lipinski definition) is 5. The minimum Gasteiger partial charge on any atom is -0.598 e. The SMILES string of the molecule is COc1ccc2c(Br)ccc([C@H](CC(=O)CC(=O)O)N[S@+]([O-])C(C)(C)C)c2c1. The average Bonchev–Trinajstić information content (AvgIpc) is 2.59. The average molecular weight is 470 g/mol. The number of aliphatic carboxylic acids is 1. The molecule has 0 spiro atoms. The van der Waals surface area contributed by atoms with E-state index in [9.17, 15) is 14.1 Å². The number of ketones is 1. The second-order valence-electron chi connectivity index (χ2n) is 7.41. The highest BCUT2D eigenvalue weighted by Crippen LogP contribution is 2.35. The van der Waals surface area contributed by atoms with E-state index in [0.717, 1.165) is 20.8 Å². The molecule has 152 valence electrons. The fraction of sp³-hybridized carbons (Fsp3) is 0.400. The number of benzene rings is 2. The summed E-state index contributed by atoms with van der Waals surface area (Å²) in [5.74, 6) is -0.961. The van der Waals surface area contributed by atoms with Crippen LogP contribution in [0, 0.1) is 0 Å². The molecule has 2 aromatic carbocycles. The molecule has 2 rings (SSSR count). The predicted octanol–water partition coefficient (Wildman–Crippen LogP) is 4.14. The van der Waals surface area contributed by atoms with Gasteiger partial charge in [-0.05, 0) is 61.4 Å². The first kappa shape index (κ1) is 22.7. The summed E-state index contributed by atoms with van der Waals surface area (Å²) < 4.78 is 21.4. The van der Waals surface area contributed by atoms with Crippen LogP contribution in [-0.2, 0) is 21.0 Å². The Hall–Kier alpha value is -1.61. The smallest absolute Gasteiger partial charge is 0.310 e. The van der Waals surface area contributed by atoms with Gasteiger partial charge in [0.05, 0.1) is 13.2 Å². The number of rotatable bonds is 8. The molecular formula is C20H24BrNO5S. The molecule has 8 heteroatoms. The molecule has 0 radical (unpaired) electrons. The normalized spacial score (nSPS) is 13.9.